The summed E-state index contributed by atoms with van der Waals surface area (Å²) in [6, 6.07) is 12.0. The highest BCUT2D eigenvalue weighted by Gasteiger charge is 2.41. The predicted molar refractivity (Wildman–Crippen MR) is 162 cm³/mol. The number of methoxy groups -OCH3 is 1. The number of ether oxygens (including phenoxy) is 1. The normalized spacial score (nSPS) is 21.5. The van der Waals surface area contributed by atoms with Gasteiger partial charge in [0.25, 0.3) is 0 Å². The van der Waals surface area contributed by atoms with E-state index in [2.05, 4.69) is 104 Å². The summed E-state index contributed by atoms with van der Waals surface area (Å²) in [5, 5.41) is 0. The van der Waals surface area contributed by atoms with Gasteiger partial charge in [0.05, 0.1) is 7.11 Å². The van der Waals surface area contributed by atoms with E-state index in [4.69, 9.17) is 4.74 Å². The first kappa shape index (κ1) is 29.3. The van der Waals surface area contributed by atoms with Crippen molar-refractivity contribution in [3.05, 3.63) is 52.6 Å². The van der Waals surface area contributed by atoms with Gasteiger partial charge in [0, 0.05) is 48.4 Å². The molecule has 2 aliphatic rings. The summed E-state index contributed by atoms with van der Waals surface area (Å²) in [5.41, 5.74) is 9.00. The lowest BCUT2D eigenvalue weighted by Crippen LogP contribution is -2.36. The van der Waals surface area contributed by atoms with Crippen molar-refractivity contribution < 1.29 is 4.74 Å². The monoisotopic (exact) mass is 664 g/mol. The molecule has 2 heterocycles. The number of halogens is 2. The minimum atomic E-state index is 0. The van der Waals surface area contributed by atoms with Gasteiger partial charge >= 0.3 is 0 Å². The summed E-state index contributed by atoms with van der Waals surface area (Å²) < 4.78 is 5.28. The average molecular weight is 664 g/mol. The molecule has 2 unspecified atom stereocenters. The SMILES string of the molecule is COc1ccc2c(c1)C(C)(C)C(C)N2C.Cc1ccc2c(c1C)C(C)(C)C(C)N2C.I.I. The molecule has 0 aromatic heterocycles. The van der Waals surface area contributed by atoms with E-state index in [1.54, 1.807) is 7.11 Å². The molecule has 4 rings (SSSR count). The summed E-state index contributed by atoms with van der Waals surface area (Å²) in [6.45, 7) is 18.3. The molecule has 3 nitrogen and oxygen atoms in total. The second kappa shape index (κ2) is 10.3. The van der Waals surface area contributed by atoms with Gasteiger partial charge in [-0.3, -0.25) is 0 Å². The van der Waals surface area contributed by atoms with E-state index in [-0.39, 0.29) is 58.8 Å². The molecule has 0 aliphatic carbocycles. The lowest BCUT2D eigenvalue weighted by Gasteiger charge is -2.29. The number of hydrogen-bond acceptors (Lipinski definition) is 3. The molecular formula is C27H42I2N2O. The van der Waals surface area contributed by atoms with Crippen LogP contribution in [-0.4, -0.2) is 33.3 Å². The second-order valence-corrected chi connectivity index (χ2v) is 10.3. The molecule has 0 bridgehead atoms. The van der Waals surface area contributed by atoms with E-state index in [9.17, 15) is 0 Å². The predicted octanol–water partition coefficient (Wildman–Crippen LogP) is 7.47. The van der Waals surface area contributed by atoms with Gasteiger partial charge in [0.1, 0.15) is 5.75 Å². The van der Waals surface area contributed by atoms with Crippen LogP contribution < -0.4 is 14.5 Å². The number of fused-ring (bicyclic) bond motifs is 2. The highest BCUT2D eigenvalue weighted by molar-refractivity contribution is 14.0. The van der Waals surface area contributed by atoms with Gasteiger partial charge in [-0.15, -0.1) is 48.0 Å². The van der Waals surface area contributed by atoms with Gasteiger partial charge in [0.2, 0.25) is 0 Å². The van der Waals surface area contributed by atoms with Crippen LogP contribution in [0.15, 0.2) is 30.3 Å². The molecule has 0 radical (unpaired) electrons. The largest absolute Gasteiger partial charge is 0.497 e. The van der Waals surface area contributed by atoms with Crippen molar-refractivity contribution in [1.82, 2.24) is 0 Å². The topological polar surface area (TPSA) is 15.7 Å². The molecule has 0 saturated carbocycles. The Labute approximate surface area is 230 Å². The van der Waals surface area contributed by atoms with E-state index >= 15 is 0 Å². The Morgan fingerprint density at radius 3 is 1.84 bits per heavy atom. The number of hydrogen-bond donors (Lipinski definition) is 0. The van der Waals surface area contributed by atoms with Crippen LogP contribution in [0.2, 0.25) is 0 Å². The number of aryl methyl sites for hydroxylation is 1. The molecule has 32 heavy (non-hydrogen) atoms. The zero-order chi connectivity index (χ0) is 22.6. The number of anilines is 2. The van der Waals surface area contributed by atoms with Gasteiger partial charge in [-0.05, 0) is 74.2 Å². The van der Waals surface area contributed by atoms with Crippen LogP contribution in [0.3, 0.4) is 0 Å². The summed E-state index contributed by atoms with van der Waals surface area (Å²) in [7, 11) is 6.08. The quantitative estimate of drug-likeness (QED) is 0.295. The Morgan fingerprint density at radius 2 is 1.28 bits per heavy atom. The molecule has 0 saturated heterocycles. The highest BCUT2D eigenvalue weighted by Crippen LogP contribution is 2.47. The van der Waals surface area contributed by atoms with Gasteiger partial charge < -0.3 is 14.5 Å². The van der Waals surface area contributed by atoms with E-state index in [0.29, 0.717) is 12.1 Å². The van der Waals surface area contributed by atoms with Crippen LogP contribution in [0.25, 0.3) is 0 Å². The fourth-order valence-corrected chi connectivity index (χ4v) is 5.19. The molecule has 5 heteroatoms. The third-order valence-electron chi connectivity index (χ3n) is 8.27. The summed E-state index contributed by atoms with van der Waals surface area (Å²) in [4.78, 5) is 4.75. The van der Waals surface area contributed by atoms with Crippen molar-refractivity contribution in [2.45, 2.75) is 78.3 Å². The number of benzene rings is 2. The molecule has 0 fully saturated rings. The molecule has 180 valence electrons. The van der Waals surface area contributed by atoms with Crippen LogP contribution in [0, 0.1) is 13.8 Å². The van der Waals surface area contributed by atoms with Gasteiger partial charge in [-0.2, -0.15) is 0 Å². The number of nitrogens with zero attached hydrogens (tertiary/aromatic N) is 2. The maximum atomic E-state index is 5.28. The Morgan fingerprint density at radius 1 is 0.781 bits per heavy atom. The third-order valence-corrected chi connectivity index (χ3v) is 8.27. The van der Waals surface area contributed by atoms with Crippen molar-refractivity contribution in [2.24, 2.45) is 0 Å². The van der Waals surface area contributed by atoms with Gasteiger partial charge in [0.15, 0.2) is 0 Å². The molecule has 2 atom stereocenters. The zero-order valence-corrected chi connectivity index (χ0v) is 26.3. The van der Waals surface area contributed by atoms with Crippen LogP contribution in [-0.2, 0) is 10.8 Å². The number of rotatable bonds is 1. The smallest absolute Gasteiger partial charge is 0.119 e. The Bertz CT molecular complexity index is 955. The third kappa shape index (κ3) is 4.62. The van der Waals surface area contributed by atoms with Gasteiger partial charge in [-0.1, -0.05) is 33.8 Å². The van der Waals surface area contributed by atoms with E-state index in [1.165, 1.54) is 33.6 Å². The summed E-state index contributed by atoms with van der Waals surface area (Å²) in [6.07, 6.45) is 0. The fraction of sp³-hybridized carbons (Fsp3) is 0.556. The first-order chi connectivity index (χ1) is 13.9. The standard InChI is InChI=1S/C14H21N.C13H19NO.2HI/c1-9-7-8-12-13(10(9)2)14(4,5)11(3)15(12)6;1-9-13(2,3)11-8-10(15-5)6-7-12(11)14(9)4;;/h7-8,11H,1-6H3;6-9H,1-5H3;2*1H. The maximum Gasteiger partial charge on any atom is 0.119 e. The first-order valence-corrected chi connectivity index (χ1v) is 11.1. The minimum absolute atomic E-state index is 0. The van der Waals surface area contributed by atoms with Crippen LogP contribution >= 0.6 is 48.0 Å². The molecule has 0 N–H and O–H groups in total. The van der Waals surface area contributed by atoms with Crippen molar-refractivity contribution in [3.63, 3.8) is 0 Å². The average Bonchev–Trinajstić information content (AvgIpc) is 2.99. The van der Waals surface area contributed by atoms with E-state index in [1.807, 2.05) is 6.07 Å². The minimum Gasteiger partial charge on any atom is -0.497 e. The van der Waals surface area contributed by atoms with E-state index in [0.717, 1.165) is 5.75 Å². The van der Waals surface area contributed by atoms with Gasteiger partial charge in [-0.25, -0.2) is 0 Å². The van der Waals surface area contributed by atoms with Crippen molar-refractivity contribution in [3.8, 4) is 5.75 Å². The van der Waals surface area contributed by atoms with Crippen molar-refractivity contribution in [2.75, 3.05) is 31.0 Å². The lowest BCUT2D eigenvalue weighted by atomic mass is 9.78. The van der Waals surface area contributed by atoms with E-state index < -0.39 is 0 Å². The maximum absolute atomic E-state index is 5.28. The number of likely N-dealkylation sites (N-methyl/N-ethyl adjacent to an activating group) is 2. The Kier molecular flexibility index (Phi) is 9.42. The van der Waals surface area contributed by atoms with Crippen molar-refractivity contribution in [1.29, 1.82) is 0 Å². The molecule has 2 aliphatic heterocycles. The summed E-state index contributed by atoms with van der Waals surface area (Å²) in [5.74, 6) is 0.948. The molecule has 2 aromatic rings. The molecule has 0 amide bonds. The fourth-order valence-electron chi connectivity index (χ4n) is 5.19. The summed E-state index contributed by atoms with van der Waals surface area (Å²) >= 11 is 0. The van der Waals surface area contributed by atoms with Crippen LogP contribution in [0.5, 0.6) is 5.75 Å². The van der Waals surface area contributed by atoms with Crippen LogP contribution in [0.1, 0.15) is 63.8 Å². The Balaban J connectivity index is 0.000000301. The zero-order valence-electron chi connectivity index (χ0n) is 21.7. The van der Waals surface area contributed by atoms with Crippen LogP contribution in [0.4, 0.5) is 11.4 Å². The molecule has 2 aromatic carbocycles. The first-order valence-electron chi connectivity index (χ1n) is 11.1. The molecule has 0 spiro atoms. The Hall–Kier alpha value is -0.700. The molecular weight excluding hydrogens is 622 g/mol. The second-order valence-electron chi connectivity index (χ2n) is 10.3. The highest BCUT2D eigenvalue weighted by atomic mass is 127. The van der Waals surface area contributed by atoms with Crippen molar-refractivity contribution >= 4 is 59.3 Å². The lowest BCUT2D eigenvalue weighted by molar-refractivity contribution is 0.410.